The zero-order chi connectivity index (χ0) is 20.4. The lowest BCUT2D eigenvalue weighted by atomic mass is 10.1. The molecule has 1 rings (SSSR count). The van der Waals surface area contributed by atoms with E-state index >= 15 is 0 Å². The van der Waals surface area contributed by atoms with Crippen molar-refractivity contribution >= 4 is 17.6 Å². The Hall–Kier alpha value is -2.88. The molecule has 0 saturated heterocycles. The van der Waals surface area contributed by atoms with Crippen LogP contribution >= 0.6 is 0 Å². The Morgan fingerprint density at radius 2 is 1.74 bits per heavy atom. The van der Waals surface area contributed by atoms with Gasteiger partial charge < -0.3 is 4.90 Å². The molecule has 0 radical (unpaired) electrons. The summed E-state index contributed by atoms with van der Waals surface area (Å²) in [6.07, 6.45) is 8.32. The van der Waals surface area contributed by atoms with Crippen LogP contribution < -0.4 is 0 Å². The first-order valence-corrected chi connectivity index (χ1v) is 9.26. The Labute approximate surface area is 160 Å². The molecule has 146 valence electrons. The second-order valence-corrected chi connectivity index (χ2v) is 6.21. The summed E-state index contributed by atoms with van der Waals surface area (Å²) in [5.41, 5.74) is -0.134. The number of nitro benzene ring substituents is 1. The van der Waals surface area contributed by atoms with Crippen LogP contribution in [0.15, 0.2) is 18.2 Å². The van der Waals surface area contributed by atoms with Crippen LogP contribution in [0.1, 0.15) is 62.4 Å². The van der Waals surface area contributed by atoms with Gasteiger partial charge in [-0.1, -0.05) is 33.1 Å². The van der Waals surface area contributed by atoms with Gasteiger partial charge in [-0.3, -0.25) is 19.8 Å². The number of benzene rings is 1. The van der Waals surface area contributed by atoms with Gasteiger partial charge in [0.25, 0.3) is 11.6 Å². The van der Waals surface area contributed by atoms with Crippen molar-refractivity contribution in [2.75, 3.05) is 19.6 Å². The Morgan fingerprint density at radius 3 is 2.22 bits per heavy atom. The van der Waals surface area contributed by atoms with Crippen molar-refractivity contribution in [3.8, 4) is 12.3 Å². The zero-order valence-corrected chi connectivity index (χ0v) is 16.2. The molecule has 1 aromatic rings. The standard InChI is InChI=1S/C20H27N3O4/c1-5-9-14-22(20(25)21(12-6-2)13-7-3)19(24)17-11-10-16(8-4)18(15-17)23(26)27/h4,10-11,15H,5-7,9,12-14H2,1-3H3. The van der Waals surface area contributed by atoms with Gasteiger partial charge in [0.15, 0.2) is 0 Å². The Balaban J connectivity index is 3.25. The third kappa shape index (κ3) is 5.81. The number of nitro groups is 1. The van der Waals surface area contributed by atoms with Gasteiger partial charge in [0, 0.05) is 31.3 Å². The van der Waals surface area contributed by atoms with Gasteiger partial charge in [-0.15, -0.1) is 6.42 Å². The topological polar surface area (TPSA) is 83.8 Å². The molecule has 3 amide bonds. The number of carbonyl (C=O) groups is 2. The smallest absolute Gasteiger partial charge is 0.324 e. The van der Waals surface area contributed by atoms with Crippen molar-refractivity contribution in [2.24, 2.45) is 0 Å². The average molecular weight is 373 g/mol. The zero-order valence-electron chi connectivity index (χ0n) is 16.2. The number of rotatable bonds is 9. The van der Waals surface area contributed by atoms with E-state index in [1.807, 2.05) is 20.8 Å². The molecule has 0 N–H and O–H groups in total. The van der Waals surface area contributed by atoms with E-state index in [1.54, 1.807) is 4.90 Å². The summed E-state index contributed by atoms with van der Waals surface area (Å²) in [5.74, 6) is 1.70. The SMILES string of the molecule is C#Cc1ccc(C(=O)N(CCCC)C(=O)N(CCC)CCC)cc1[N+](=O)[O-]. The van der Waals surface area contributed by atoms with Gasteiger partial charge in [-0.25, -0.2) is 4.79 Å². The predicted molar refractivity (Wildman–Crippen MR) is 105 cm³/mol. The summed E-state index contributed by atoms with van der Waals surface area (Å²) in [4.78, 5) is 39.4. The van der Waals surface area contributed by atoms with Crippen molar-refractivity contribution in [1.82, 2.24) is 9.80 Å². The molecule has 0 aliphatic heterocycles. The maximum absolute atomic E-state index is 13.0. The minimum Gasteiger partial charge on any atom is -0.324 e. The van der Waals surface area contributed by atoms with Gasteiger partial charge in [-0.05, 0) is 31.4 Å². The van der Waals surface area contributed by atoms with E-state index in [2.05, 4.69) is 5.92 Å². The maximum atomic E-state index is 13.0. The van der Waals surface area contributed by atoms with Crippen LogP contribution in [0.3, 0.4) is 0 Å². The summed E-state index contributed by atoms with van der Waals surface area (Å²) in [6.45, 7) is 7.28. The van der Waals surface area contributed by atoms with E-state index in [9.17, 15) is 19.7 Å². The number of hydrogen-bond donors (Lipinski definition) is 0. The maximum Gasteiger partial charge on any atom is 0.326 e. The molecule has 27 heavy (non-hydrogen) atoms. The van der Waals surface area contributed by atoms with Crippen LogP contribution in [0.4, 0.5) is 10.5 Å². The molecular formula is C20H27N3O4. The third-order valence-corrected chi connectivity index (χ3v) is 4.07. The molecule has 7 heteroatoms. The second kappa shape index (κ2) is 11.0. The quantitative estimate of drug-likeness (QED) is 0.371. The summed E-state index contributed by atoms with van der Waals surface area (Å²) in [7, 11) is 0. The van der Waals surface area contributed by atoms with E-state index in [1.165, 1.54) is 17.0 Å². The molecule has 0 bridgehead atoms. The first-order valence-electron chi connectivity index (χ1n) is 9.26. The van der Waals surface area contributed by atoms with Crippen molar-refractivity contribution < 1.29 is 14.5 Å². The van der Waals surface area contributed by atoms with E-state index in [4.69, 9.17) is 6.42 Å². The molecule has 0 atom stereocenters. The average Bonchev–Trinajstić information content (AvgIpc) is 2.67. The molecule has 7 nitrogen and oxygen atoms in total. The molecule has 0 aromatic heterocycles. The summed E-state index contributed by atoms with van der Waals surface area (Å²) >= 11 is 0. The normalized spacial score (nSPS) is 10.1. The lowest BCUT2D eigenvalue weighted by Crippen LogP contribution is -2.47. The highest BCUT2D eigenvalue weighted by Crippen LogP contribution is 2.21. The fourth-order valence-electron chi connectivity index (χ4n) is 2.71. The number of hydrogen-bond acceptors (Lipinski definition) is 4. The van der Waals surface area contributed by atoms with Crippen LogP contribution in [-0.2, 0) is 0 Å². The van der Waals surface area contributed by atoms with Crippen LogP contribution in [0.2, 0.25) is 0 Å². The van der Waals surface area contributed by atoms with E-state index < -0.39 is 10.8 Å². The minimum atomic E-state index is -0.620. The lowest BCUT2D eigenvalue weighted by Gasteiger charge is -2.29. The number of urea groups is 1. The van der Waals surface area contributed by atoms with Gasteiger partial charge in [-0.2, -0.15) is 0 Å². The Bertz CT molecular complexity index is 718. The van der Waals surface area contributed by atoms with Crippen molar-refractivity contribution in [1.29, 1.82) is 0 Å². The van der Waals surface area contributed by atoms with Gasteiger partial charge in [0.05, 0.1) is 4.92 Å². The minimum absolute atomic E-state index is 0.0816. The van der Waals surface area contributed by atoms with Crippen molar-refractivity contribution in [2.45, 2.75) is 46.5 Å². The van der Waals surface area contributed by atoms with Crippen molar-refractivity contribution in [3.63, 3.8) is 0 Å². The summed E-state index contributed by atoms with van der Waals surface area (Å²) in [6, 6.07) is 3.58. The molecule has 0 aliphatic rings. The third-order valence-electron chi connectivity index (χ3n) is 4.07. The number of amides is 3. The van der Waals surface area contributed by atoms with Crippen LogP contribution in [0, 0.1) is 22.5 Å². The van der Waals surface area contributed by atoms with Crippen LogP contribution in [-0.4, -0.2) is 46.3 Å². The first kappa shape index (κ1) is 22.2. The molecule has 0 fully saturated rings. The molecule has 0 heterocycles. The highest BCUT2D eigenvalue weighted by molar-refractivity contribution is 6.04. The number of terminal acetylenes is 1. The molecular weight excluding hydrogens is 346 g/mol. The molecule has 0 spiro atoms. The van der Waals surface area contributed by atoms with Gasteiger partial charge in [0.2, 0.25) is 0 Å². The van der Waals surface area contributed by atoms with E-state index in [0.29, 0.717) is 19.5 Å². The first-order chi connectivity index (χ1) is 12.9. The van der Waals surface area contributed by atoms with Crippen molar-refractivity contribution in [3.05, 3.63) is 39.4 Å². The monoisotopic (exact) mass is 373 g/mol. The number of imide groups is 1. The Morgan fingerprint density at radius 1 is 1.11 bits per heavy atom. The second-order valence-electron chi connectivity index (χ2n) is 6.21. The predicted octanol–water partition coefficient (Wildman–Crippen LogP) is 4.06. The fourth-order valence-corrected chi connectivity index (χ4v) is 2.71. The Kier molecular flexibility index (Phi) is 9.00. The van der Waals surface area contributed by atoms with E-state index in [-0.39, 0.29) is 29.4 Å². The van der Waals surface area contributed by atoms with Crippen LogP contribution in [0.5, 0.6) is 0 Å². The molecule has 1 aromatic carbocycles. The van der Waals surface area contributed by atoms with Gasteiger partial charge in [0.1, 0.15) is 5.56 Å². The molecule has 0 aliphatic carbocycles. The highest BCUT2D eigenvalue weighted by Gasteiger charge is 2.28. The summed E-state index contributed by atoms with van der Waals surface area (Å²) < 4.78 is 0. The molecule has 0 unspecified atom stereocenters. The fraction of sp³-hybridized carbons (Fsp3) is 0.500. The summed E-state index contributed by atoms with van der Waals surface area (Å²) in [5, 5.41) is 11.2. The number of unbranched alkanes of at least 4 members (excludes halogenated alkanes) is 1. The molecule has 0 saturated carbocycles. The lowest BCUT2D eigenvalue weighted by molar-refractivity contribution is -0.385. The number of carbonyl (C=O) groups excluding carboxylic acids is 2. The largest absolute Gasteiger partial charge is 0.326 e. The number of nitrogens with zero attached hydrogens (tertiary/aromatic N) is 3. The van der Waals surface area contributed by atoms with Crippen LogP contribution in [0.25, 0.3) is 0 Å². The highest BCUT2D eigenvalue weighted by atomic mass is 16.6. The van der Waals surface area contributed by atoms with E-state index in [0.717, 1.165) is 25.3 Å². The van der Waals surface area contributed by atoms with Gasteiger partial charge >= 0.3 is 6.03 Å².